The molecule has 1 aliphatic heterocycles. The number of rotatable bonds is 5. The highest BCUT2D eigenvalue weighted by Crippen LogP contribution is 2.16. The third-order valence-electron chi connectivity index (χ3n) is 3.28. The molecule has 2 N–H and O–H groups in total. The lowest BCUT2D eigenvalue weighted by atomic mass is 10.1. The summed E-state index contributed by atoms with van der Waals surface area (Å²) < 4.78 is 5.37. The van der Waals surface area contributed by atoms with E-state index in [0.29, 0.717) is 18.6 Å². The minimum Gasteiger partial charge on any atom is -0.444 e. The first-order valence-electron chi connectivity index (χ1n) is 7.20. The molecule has 0 aromatic rings. The standard InChI is InChI=1S/C14H28N2O3/c1-5-11(7-9-17)15-12-6-8-16(10-12)13(18)19-14(2,3)4/h11-12,15,17H,5-10H2,1-4H3. The second-order valence-corrected chi connectivity index (χ2v) is 6.20. The van der Waals surface area contributed by atoms with E-state index in [1.54, 1.807) is 4.90 Å². The predicted octanol–water partition coefficient (Wildman–Crippen LogP) is 1.75. The first kappa shape index (κ1) is 16.2. The van der Waals surface area contributed by atoms with Gasteiger partial charge < -0.3 is 20.1 Å². The van der Waals surface area contributed by atoms with Crippen molar-refractivity contribution in [1.82, 2.24) is 10.2 Å². The summed E-state index contributed by atoms with van der Waals surface area (Å²) in [6.45, 7) is 9.38. The van der Waals surface area contributed by atoms with Crippen LogP contribution in [0.5, 0.6) is 0 Å². The summed E-state index contributed by atoms with van der Waals surface area (Å²) in [4.78, 5) is 13.7. The van der Waals surface area contributed by atoms with Gasteiger partial charge in [0.1, 0.15) is 5.60 Å². The molecule has 112 valence electrons. The van der Waals surface area contributed by atoms with E-state index in [-0.39, 0.29) is 12.7 Å². The monoisotopic (exact) mass is 272 g/mol. The van der Waals surface area contributed by atoms with E-state index in [2.05, 4.69) is 12.2 Å². The first-order valence-corrected chi connectivity index (χ1v) is 7.20. The van der Waals surface area contributed by atoms with Crippen molar-refractivity contribution in [2.24, 2.45) is 0 Å². The number of carbonyl (C=O) groups is 1. The highest BCUT2D eigenvalue weighted by molar-refractivity contribution is 5.68. The van der Waals surface area contributed by atoms with Gasteiger partial charge in [0, 0.05) is 31.8 Å². The average molecular weight is 272 g/mol. The van der Waals surface area contributed by atoms with Crippen LogP contribution in [-0.4, -0.2) is 53.5 Å². The van der Waals surface area contributed by atoms with Crippen molar-refractivity contribution in [3.63, 3.8) is 0 Å². The lowest BCUT2D eigenvalue weighted by molar-refractivity contribution is 0.0290. The van der Waals surface area contributed by atoms with E-state index in [1.165, 1.54) is 0 Å². The summed E-state index contributed by atoms with van der Waals surface area (Å²) in [5, 5.41) is 12.5. The number of nitrogens with one attached hydrogen (secondary N) is 1. The molecule has 2 atom stereocenters. The fourth-order valence-electron chi connectivity index (χ4n) is 2.28. The van der Waals surface area contributed by atoms with Crippen LogP contribution < -0.4 is 5.32 Å². The van der Waals surface area contributed by atoms with Crippen LogP contribution in [0.15, 0.2) is 0 Å². The van der Waals surface area contributed by atoms with Crippen molar-refractivity contribution in [1.29, 1.82) is 0 Å². The molecule has 1 fully saturated rings. The maximum absolute atomic E-state index is 11.9. The molecule has 1 saturated heterocycles. The van der Waals surface area contributed by atoms with Crippen molar-refractivity contribution >= 4 is 6.09 Å². The number of amides is 1. The van der Waals surface area contributed by atoms with Crippen LogP contribution in [0.25, 0.3) is 0 Å². The van der Waals surface area contributed by atoms with Crippen LogP contribution in [-0.2, 0) is 4.74 Å². The Labute approximate surface area is 116 Å². The molecule has 0 spiro atoms. The minimum atomic E-state index is -0.439. The van der Waals surface area contributed by atoms with Gasteiger partial charge in [0.05, 0.1) is 0 Å². The Morgan fingerprint density at radius 1 is 1.53 bits per heavy atom. The van der Waals surface area contributed by atoms with E-state index in [9.17, 15) is 4.79 Å². The fraction of sp³-hybridized carbons (Fsp3) is 0.929. The summed E-state index contributed by atoms with van der Waals surface area (Å²) in [5.74, 6) is 0. The average Bonchev–Trinajstić information content (AvgIpc) is 2.75. The molecule has 5 nitrogen and oxygen atoms in total. The third kappa shape index (κ3) is 5.78. The number of nitrogens with zero attached hydrogens (tertiary/aromatic N) is 1. The Bertz CT molecular complexity index is 289. The smallest absolute Gasteiger partial charge is 0.410 e. The van der Waals surface area contributed by atoms with Crippen LogP contribution >= 0.6 is 0 Å². The van der Waals surface area contributed by atoms with Crippen molar-refractivity contribution in [3.05, 3.63) is 0 Å². The molecule has 0 radical (unpaired) electrons. The maximum atomic E-state index is 11.9. The summed E-state index contributed by atoms with van der Waals surface area (Å²) in [5.41, 5.74) is -0.439. The highest BCUT2D eigenvalue weighted by atomic mass is 16.6. The van der Waals surface area contributed by atoms with Gasteiger partial charge in [-0.3, -0.25) is 0 Å². The van der Waals surface area contributed by atoms with Gasteiger partial charge in [-0.05, 0) is 40.0 Å². The van der Waals surface area contributed by atoms with E-state index in [4.69, 9.17) is 9.84 Å². The van der Waals surface area contributed by atoms with Gasteiger partial charge in [0.15, 0.2) is 0 Å². The maximum Gasteiger partial charge on any atom is 0.410 e. The van der Waals surface area contributed by atoms with Gasteiger partial charge in [-0.15, -0.1) is 0 Å². The molecule has 2 unspecified atom stereocenters. The van der Waals surface area contributed by atoms with E-state index in [1.807, 2.05) is 20.8 Å². The molecule has 19 heavy (non-hydrogen) atoms. The molecular weight excluding hydrogens is 244 g/mol. The Hall–Kier alpha value is -0.810. The largest absolute Gasteiger partial charge is 0.444 e. The molecule has 0 aromatic heterocycles. The molecule has 0 saturated carbocycles. The zero-order chi connectivity index (χ0) is 14.5. The molecule has 0 bridgehead atoms. The number of ether oxygens (including phenoxy) is 1. The molecule has 5 heteroatoms. The van der Waals surface area contributed by atoms with Crippen LogP contribution in [0.3, 0.4) is 0 Å². The second kappa shape index (κ2) is 7.10. The van der Waals surface area contributed by atoms with Gasteiger partial charge in [-0.25, -0.2) is 4.79 Å². The summed E-state index contributed by atoms with van der Waals surface area (Å²) in [6.07, 6.45) is 2.47. The summed E-state index contributed by atoms with van der Waals surface area (Å²) >= 11 is 0. The number of aliphatic hydroxyl groups is 1. The quantitative estimate of drug-likeness (QED) is 0.800. The lowest BCUT2D eigenvalue weighted by Crippen LogP contribution is -2.42. The Kier molecular flexibility index (Phi) is 6.07. The highest BCUT2D eigenvalue weighted by Gasteiger charge is 2.30. The zero-order valence-corrected chi connectivity index (χ0v) is 12.6. The number of carbonyl (C=O) groups excluding carboxylic acids is 1. The minimum absolute atomic E-state index is 0.202. The Morgan fingerprint density at radius 3 is 2.74 bits per heavy atom. The lowest BCUT2D eigenvalue weighted by Gasteiger charge is -2.25. The Morgan fingerprint density at radius 2 is 2.21 bits per heavy atom. The van der Waals surface area contributed by atoms with Gasteiger partial charge in [-0.1, -0.05) is 6.92 Å². The normalized spacial score (nSPS) is 21.5. The zero-order valence-electron chi connectivity index (χ0n) is 12.6. The number of hydrogen-bond acceptors (Lipinski definition) is 4. The molecule has 1 amide bonds. The summed E-state index contributed by atoms with van der Waals surface area (Å²) in [7, 11) is 0. The van der Waals surface area contributed by atoms with Crippen LogP contribution in [0.4, 0.5) is 4.79 Å². The van der Waals surface area contributed by atoms with Gasteiger partial charge in [-0.2, -0.15) is 0 Å². The van der Waals surface area contributed by atoms with Crippen molar-refractivity contribution in [2.45, 2.75) is 64.6 Å². The molecule has 1 heterocycles. The molecular formula is C14H28N2O3. The van der Waals surface area contributed by atoms with E-state index in [0.717, 1.165) is 25.8 Å². The van der Waals surface area contributed by atoms with Gasteiger partial charge >= 0.3 is 6.09 Å². The topological polar surface area (TPSA) is 61.8 Å². The van der Waals surface area contributed by atoms with Crippen LogP contribution in [0.2, 0.25) is 0 Å². The van der Waals surface area contributed by atoms with Crippen LogP contribution in [0.1, 0.15) is 47.0 Å². The van der Waals surface area contributed by atoms with E-state index < -0.39 is 5.60 Å². The fourth-order valence-corrected chi connectivity index (χ4v) is 2.28. The first-order chi connectivity index (χ1) is 8.85. The third-order valence-corrected chi connectivity index (χ3v) is 3.28. The number of aliphatic hydroxyl groups excluding tert-OH is 1. The Balaban J connectivity index is 2.38. The molecule has 1 aliphatic rings. The molecule has 1 rings (SSSR count). The second-order valence-electron chi connectivity index (χ2n) is 6.20. The summed E-state index contributed by atoms with van der Waals surface area (Å²) in [6, 6.07) is 0.637. The molecule has 0 aromatic carbocycles. The van der Waals surface area contributed by atoms with Crippen molar-refractivity contribution in [2.75, 3.05) is 19.7 Å². The van der Waals surface area contributed by atoms with E-state index >= 15 is 0 Å². The van der Waals surface area contributed by atoms with Gasteiger partial charge in [0.25, 0.3) is 0 Å². The van der Waals surface area contributed by atoms with Crippen molar-refractivity contribution in [3.8, 4) is 0 Å². The SMILES string of the molecule is CCC(CCO)NC1CCN(C(=O)OC(C)(C)C)C1. The molecule has 0 aliphatic carbocycles. The predicted molar refractivity (Wildman–Crippen MR) is 75.1 cm³/mol. The van der Waals surface area contributed by atoms with Crippen molar-refractivity contribution < 1.29 is 14.6 Å². The van der Waals surface area contributed by atoms with Crippen LogP contribution in [0, 0.1) is 0 Å². The van der Waals surface area contributed by atoms with Gasteiger partial charge in [0.2, 0.25) is 0 Å². The number of likely N-dealkylation sites (tertiary alicyclic amines) is 1. The number of hydrogen-bond donors (Lipinski definition) is 2.